The third-order valence-corrected chi connectivity index (χ3v) is 7.38. The lowest BCUT2D eigenvalue weighted by molar-refractivity contribution is -0.384. The molecule has 5 atom stereocenters. The maximum atomic E-state index is 11.1. The number of nitro groups is 1. The monoisotopic (exact) mass is 387 g/mol. The van der Waals surface area contributed by atoms with Gasteiger partial charge in [-0.2, -0.15) is 0 Å². The summed E-state index contributed by atoms with van der Waals surface area (Å²) in [6.45, 7) is 9.74. The molecular formula is C22H29NO5. The maximum absolute atomic E-state index is 11.1. The van der Waals surface area contributed by atoms with E-state index in [-0.39, 0.29) is 22.4 Å². The number of aliphatic hydroxyl groups is 1. The maximum Gasteiger partial charge on any atom is 0.269 e. The van der Waals surface area contributed by atoms with Crippen LogP contribution in [-0.2, 0) is 16.1 Å². The van der Waals surface area contributed by atoms with Gasteiger partial charge in [0.25, 0.3) is 5.69 Å². The van der Waals surface area contributed by atoms with Crippen molar-refractivity contribution in [3.05, 3.63) is 52.1 Å². The van der Waals surface area contributed by atoms with Crippen molar-refractivity contribution in [2.24, 2.45) is 22.7 Å². The molecule has 1 N–H and O–H groups in total. The first-order valence-corrected chi connectivity index (χ1v) is 10.1. The number of ether oxygens (including phenoxy) is 2. The molecule has 2 aliphatic carbocycles. The first kappa shape index (κ1) is 19.6. The minimum absolute atomic E-state index is 0.0149. The minimum atomic E-state index is -0.436. The number of benzene rings is 1. The van der Waals surface area contributed by atoms with Crippen molar-refractivity contribution in [1.29, 1.82) is 0 Å². The summed E-state index contributed by atoms with van der Waals surface area (Å²) < 4.78 is 12.3. The molecule has 152 valence electrons. The van der Waals surface area contributed by atoms with Gasteiger partial charge in [0.05, 0.1) is 24.2 Å². The van der Waals surface area contributed by atoms with Gasteiger partial charge in [-0.05, 0) is 54.7 Å². The first-order valence-electron chi connectivity index (χ1n) is 10.1. The Balaban J connectivity index is 1.54. The van der Waals surface area contributed by atoms with E-state index in [2.05, 4.69) is 20.4 Å². The zero-order valence-corrected chi connectivity index (χ0v) is 16.6. The van der Waals surface area contributed by atoms with E-state index in [1.54, 1.807) is 12.1 Å². The van der Waals surface area contributed by atoms with Gasteiger partial charge in [-0.3, -0.25) is 10.1 Å². The molecule has 2 saturated carbocycles. The van der Waals surface area contributed by atoms with Crippen molar-refractivity contribution in [1.82, 2.24) is 0 Å². The Kier molecular flexibility index (Phi) is 4.84. The molecule has 0 radical (unpaired) electrons. The molecule has 1 spiro atoms. The minimum Gasteiger partial charge on any atom is -0.392 e. The Morgan fingerprint density at radius 3 is 2.71 bits per heavy atom. The van der Waals surface area contributed by atoms with Crippen LogP contribution in [-0.4, -0.2) is 29.0 Å². The first-order chi connectivity index (χ1) is 13.3. The van der Waals surface area contributed by atoms with Gasteiger partial charge >= 0.3 is 0 Å². The Hall–Kier alpha value is -1.76. The quantitative estimate of drug-likeness (QED) is 0.475. The average Bonchev–Trinajstić information content (AvgIpc) is 3.05. The second-order valence-corrected chi connectivity index (χ2v) is 9.30. The van der Waals surface area contributed by atoms with E-state index >= 15 is 0 Å². The molecule has 1 aromatic carbocycles. The third kappa shape index (κ3) is 2.98. The summed E-state index contributed by atoms with van der Waals surface area (Å²) in [6.07, 6.45) is 2.95. The van der Waals surface area contributed by atoms with Crippen LogP contribution in [0.4, 0.5) is 5.69 Å². The van der Waals surface area contributed by atoms with E-state index in [0.717, 1.165) is 36.8 Å². The summed E-state index contributed by atoms with van der Waals surface area (Å²) in [5, 5.41) is 21.9. The number of rotatable bonds is 4. The molecule has 6 nitrogen and oxygen atoms in total. The number of aliphatic hydroxyl groups excluding tert-OH is 1. The molecule has 1 aliphatic heterocycles. The fourth-order valence-electron chi connectivity index (χ4n) is 5.95. The van der Waals surface area contributed by atoms with E-state index in [1.807, 2.05) is 0 Å². The molecule has 1 heterocycles. The lowest BCUT2D eigenvalue weighted by Gasteiger charge is -2.58. The fraction of sp³-hybridized carbons (Fsp3) is 0.636. The highest BCUT2D eigenvalue weighted by Gasteiger charge is 2.65. The molecule has 0 amide bonds. The van der Waals surface area contributed by atoms with Crippen LogP contribution >= 0.6 is 0 Å². The molecule has 0 unspecified atom stereocenters. The molecule has 28 heavy (non-hydrogen) atoms. The molecular weight excluding hydrogens is 358 g/mol. The average molecular weight is 387 g/mol. The van der Waals surface area contributed by atoms with Gasteiger partial charge in [0.1, 0.15) is 0 Å². The van der Waals surface area contributed by atoms with Crippen LogP contribution in [0.15, 0.2) is 36.4 Å². The van der Waals surface area contributed by atoms with E-state index in [1.165, 1.54) is 12.1 Å². The van der Waals surface area contributed by atoms with Crippen LogP contribution in [0.2, 0.25) is 0 Å². The second-order valence-electron chi connectivity index (χ2n) is 9.30. The van der Waals surface area contributed by atoms with E-state index in [9.17, 15) is 15.2 Å². The number of hydrogen-bond acceptors (Lipinski definition) is 5. The lowest BCUT2D eigenvalue weighted by Crippen LogP contribution is -2.58. The van der Waals surface area contributed by atoms with Crippen LogP contribution in [0.3, 0.4) is 0 Å². The van der Waals surface area contributed by atoms with Gasteiger partial charge in [-0.25, -0.2) is 0 Å². The Morgan fingerprint density at radius 1 is 1.32 bits per heavy atom. The highest BCUT2D eigenvalue weighted by molar-refractivity contribution is 5.32. The highest BCUT2D eigenvalue weighted by Crippen LogP contribution is 2.64. The Bertz CT molecular complexity index is 774. The molecule has 3 aliphatic rings. The molecule has 1 saturated heterocycles. The van der Waals surface area contributed by atoms with Crippen LogP contribution < -0.4 is 0 Å². The van der Waals surface area contributed by atoms with Gasteiger partial charge in [-0.1, -0.05) is 26.0 Å². The predicted molar refractivity (Wildman–Crippen MR) is 104 cm³/mol. The van der Waals surface area contributed by atoms with Gasteiger partial charge in [-0.15, -0.1) is 0 Å². The second kappa shape index (κ2) is 6.94. The van der Waals surface area contributed by atoms with Crippen molar-refractivity contribution < 1.29 is 19.5 Å². The summed E-state index contributed by atoms with van der Waals surface area (Å²) in [5.41, 5.74) is 1.87. The van der Waals surface area contributed by atoms with E-state index < -0.39 is 17.3 Å². The zero-order chi connectivity index (χ0) is 20.1. The molecule has 1 aromatic rings. The Labute approximate surface area is 165 Å². The molecule has 3 fully saturated rings. The third-order valence-electron chi connectivity index (χ3n) is 7.38. The number of non-ortho nitro benzene ring substituents is 1. The lowest BCUT2D eigenvalue weighted by atomic mass is 9.46. The summed E-state index contributed by atoms with van der Waals surface area (Å²) >= 11 is 0. The Morgan fingerprint density at radius 2 is 2.04 bits per heavy atom. The summed E-state index contributed by atoms with van der Waals surface area (Å²) in [4.78, 5) is 10.4. The van der Waals surface area contributed by atoms with Crippen LogP contribution in [0.1, 0.15) is 45.1 Å². The van der Waals surface area contributed by atoms with Crippen molar-refractivity contribution in [2.45, 2.75) is 58.5 Å². The fourth-order valence-corrected chi connectivity index (χ4v) is 5.95. The van der Waals surface area contributed by atoms with E-state index in [4.69, 9.17) is 9.47 Å². The van der Waals surface area contributed by atoms with Crippen LogP contribution in [0.25, 0.3) is 0 Å². The molecule has 0 aromatic heterocycles. The van der Waals surface area contributed by atoms with Crippen molar-refractivity contribution in [3.8, 4) is 0 Å². The van der Waals surface area contributed by atoms with Crippen LogP contribution in [0, 0.1) is 32.8 Å². The van der Waals surface area contributed by atoms with Gasteiger partial charge in [0, 0.05) is 23.5 Å². The van der Waals surface area contributed by atoms with Crippen molar-refractivity contribution in [3.63, 3.8) is 0 Å². The number of nitro benzene ring substituents is 1. The van der Waals surface area contributed by atoms with Crippen molar-refractivity contribution >= 4 is 5.69 Å². The summed E-state index contributed by atoms with van der Waals surface area (Å²) in [5.74, 6) is 0.367. The predicted octanol–water partition coefficient (Wildman–Crippen LogP) is 4.22. The number of hydrogen-bond donors (Lipinski definition) is 1. The normalized spacial score (nSPS) is 36.6. The van der Waals surface area contributed by atoms with Gasteiger partial charge in [0.15, 0.2) is 6.29 Å². The van der Waals surface area contributed by atoms with Gasteiger partial charge in [0.2, 0.25) is 0 Å². The SMILES string of the molecule is C=C1CC[C@@H]2C(C)(C)CC[C@H](O)[C@]23CO[C@@H](OCc2ccc([N+](=O)[O-])cc2)[C@H]13. The van der Waals surface area contributed by atoms with Gasteiger partial charge < -0.3 is 14.6 Å². The smallest absolute Gasteiger partial charge is 0.269 e. The largest absolute Gasteiger partial charge is 0.392 e. The number of nitrogens with zero attached hydrogens (tertiary/aromatic N) is 1. The summed E-state index contributed by atoms with van der Waals surface area (Å²) in [7, 11) is 0. The molecule has 0 bridgehead atoms. The van der Waals surface area contributed by atoms with E-state index in [0.29, 0.717) is 19.1 Å². The van der Waals surface area contributed by atoms with Crippen LogP contribution in [0.5, 0.6) is 0 Å². The molecule has 4 rings (SSSR count). The zero-order valence-electron chi connectivity index (χ0n) is 16.6. The van der Waals surface area contributed by atoms with Crippen molar-refractivity contribution in [2.75, 3.05) is 6.61 Å². The summed E-state index contributed by atoms with van der Waals surface area (Å²) in [6, 6.07) is 6.39. The molecule has 6 heteroatoms. The highest BCUT2D eigenvalue weighted by atomic mass is 16.7. The topological polar surface area (TPSA) is 81.8 Å². The standard InChI is InChI=1S/C22H29NO5/c1-14-4-9-17-21(2,3)11-10-18(24)22(17)13-28-20(19(14)22)27-12-15-5-7-16(8-6-15)23(25)26/h5-8,17-20,24H,1,4,9-13H2,2-3H3/t17-,18+,19+,20-,22+/m1/s1.